The largest absolute Gasteiger partial charge is 0.450 e. The summed E-state index contributed by atoms with van der Waals surface area (Å²) in [4.78, 5) is 30.7. The van der Waals surface area contributed by atoms with E-state index < -0.39 is 0 Å². The Kier molecular flexibility index (Phi) is 6.27. The van der Waals surface area contributed by atoms with Gasteiger partial charge < -0.3 is 14.2 Å². The first-order valence-corrected chi connectivity index (χ1v) is 9.61. The summed E-state index contributed by atoms with van der Waals surface area (Å²) in [5.41, 5.74) is 2.49. The van der Waals surface area contributed by atoms with Gasteiger partial charge in [-0.1, -0.05) is 29.8 Å². The van der Waals surface area contributed by atoms with Gasteiger partial charge in [-0.05, 0) is 38.7 Å². The van der Waals surface area contributed by atoms with Crippen molar-refractivity contribution >= 4 is 11.9 Å². The van der Waals surface area contributed by atoms with Crippen molar-refractivity contribution < 1.29 is 14.3 Å². The number of imidazole rings is 1. The molecule has 0 aliphatic carbocycles. The van der Waals surface area contributed by atoms with Crippen molar-refractivity contribution in [1.29, 1.82) is 0 Å². The number of ether oxygens (including phenoxy) is 1. The molecule has 0 bridgehead atoms. The van der Waals surface area contributed by atoms with Gasteiger partial charge in [-0.15, -0.1) is 0 Å². The Bertz CT molecular complexity index is 774. The van der Waals surface area contributed by atoms with E-state index in [2.05, 4.69) is 36.2 Å². The first-order chi connectivity index (χ1) is 13.1. The topological polar surface area (TPSA) is 64.4 Å². The van der Waals surface area contributed by atoms with Gasteiger partial charge in [0.05, 0.1) is 6.61 Å². The summed E-state index contributed by atoms with van der Waals surface area (Å²) in [5.74, 6) is 0.514. The number of carbonyl (C=O) groups is 2. The van der Waals surface area contributed by atoms with Gasteiger partial charge in [0.1, 0.15) is 0 Å². The molecule has 0 N–H and O–H groups in total. The minimum atomic E-state index is -0.289. The molecular weight excluding hydrogens is 342 g/mol. The smallest absolute Gasteiger partial charge is 0.409 e. The van der Waals surface area contributed by atoms with Crippen LogP contribution < -0.4 is 0 Å². The fourth-order valence-corrected chi connectivity index (χ4v) is 3.44. The van der Waals surface area contributed by atoms with Crippen LogP contribution in [-0.2, 0) is 17.7 Å². The maximum atomic E-state index is 12.9. The molecule has 144 valence electrons. The van der Waals surface area contributed by atoms with Crippen LogP contribution in [0, 0.1) is 12.8 Å². The van der Waals surface area contributed by atoms with Crippen molar-refractivity contribution in [3.63, 3.8) is 0 Å². The third kappa shape index (κ3) is 4.76. The number of amides is 1. The zero-order valence-electron chi connectivity index (χ0n) is 16.1. The number of rotatable bonds is 6. The SMILES string of the molecule is CCOC(=O)N1CCC(C(=O)c2nccn2CCc2ccc(C)cc2)CC1. The average molecular weight is 369 g/mol. The van der Waals surface area contributed by atoms with Crippen molar-refractivity contribution in [2.24, 2.45) is 5.92 Å². The number of nitrogens with zero attached hydrogens (tertiary/aromatic N) is 3. The number of aromatic nitrogens is 2. The van der Waals surface area contributed by atoms with E-state index in [0.29, 0.717) is 38.4 Å². The Balaban J connectivity index is 1.57. The van der Waals surface area contributed by atoms with Gasteiger partial charge in [0, 0.05) is 37.9 Å². The summed E-state index contributed by atoms with van der Waals surface area (Å²) < 4.78 is 6.98. The Hall–Kier alpha value is -2.63. The second kappa shape index (κ2) is 8.84. The van der Waals surface area contributed by atoms with E-state index in [0.717, 1.165) is 13.0 Å². The number of hydrogen-bond donors (Lipinski definition) is 0. The van der Waals surface area contributed by atoms with Gasteiger partial charge >= 0.3 is 6.09 Å². The Morgan fingerprint density at radius 2 is 1.89 bits per heavy atom. The van der Waals surface area contributed by atoms with Crippen molar-refractivity contribution in [3.8, 4) is 0 Å². The van der Waals surface area contributed by atoms with Crippen molar-refractivity contribution in [1.82, 2.24) is 14.5 Å². The lowest BCUT2D eigenvalue weighted by Gasteiger charge is -2.30. The van der Waals surface area contributed by atoms with E-state index in [4.69, 9.17) is 4.74 Å². The molecule has 1 aliphatic heterocycles. The molecule has 1 amide bonds. The molecule has 6 nitrogen and oxygen atoms in total. The van der Waals surface area contributed by atoms with Crippen LogP contribution in [0.15, 0.2) is 36.7 Å². The molecule has 0 spiro atoms. The van der Waals surface area contributed by atoms with E-state index in [9.17, 15) is 9.59 Å². The molecule has 1 saturated heterocycles. The summed E-state index contributed by atoms with van der Waals surface area (Å²) in [7, 11) is 0. The van der Waals surface area contributed by atoms with Crippen LogP contribution >= 0.6 is 0 Å². The van der Waals surface area contributed by atoms with Crippen LogP contribution in [0.3, 0.4) is 0 Å². The molecule has 6 heteroatoms. The lowest BCUT2D eigenvalue weighted by atomic mass is 9.92. The Labute approximate surface area is 160 Å². The first-order valence-electron chi connectivity index (χ1n) is 9.61. The molecule has 3 rings (SSSR count). The maximum Gasteiger partial charge on any atom is 0.409 e. The van der Waals surface area contributed by atoms with Gasteiger partial charge in [-0.25, -0.2) is 9.78 Å². The predicted molar refractivity (Wildman–Crippen MR) is 103 cm³/mol. The molecule has 1 aliphatic rings. The first kappa shape index (κ1) is 19.1. The second-order valence-electron chi connectivity index (χ2n) is 7.00. The van der Waals surface area contributed by atoms with Crippen molar-refractivity contribution in [2.45, 2.75) is 39.7 Å². The standard InChI is InChI=1S/C21H27N3O3/c1-3-27-21(26)24-13-9-18(10-14-24)19(25)20-22-11-15-23(20)12-8-17-6-4-16(2)5-7-17/h4-7,11,15,18H,3,8-10,12-14H2,1-2H3. The fourth-order valence-electron chi connectivity index (χ4n) is 3.44. The molecule has 0 saturated carbocycles. The highest BCUT2D eigenvalue weighted by molar-refractivity contribution is 5.94. The minimum absolute atomic E-state index is 0.0763. The van der Waals surface area contributed by atoms with E-state index in [1.165, 1.54) is 11.1 Å². The number of carbonyl (C=O) groups excluding carboxylic acids is 2. The van der Waals surface area contributed by atoms with Crippen molar-refractivity contribution in [2.75, 3.05) is 19.7 Å². The van der Waals surface area contributed by atoms with E-state index in [1.54, 1.807) is 18.0 Å². The van der Waals surface area contributed by atoms with Gasteiger partial charge in [0.25, 0.3) is 0 Å². The lowest BCUT2D eigenvalue weighted by Crippen LogP contribution is -2.41. The summed E-state index contributed by atoms with van der Waals surface area (Å²) in [5, 5.41) is 0. The molecule has 2 heterocycles. The number of benzene rings is 1. The fraction of sp³-hybridized carbons (Fsp3) is 0.476. The number of ketones is 1. The number of aryl methyl sites for hydroxylation is 3. The summed E-state index contributed by atoms with van der Waals surface area (Å²) >= 11 is 0. The van der Waals surface area contributed by atoms with Gasteiger partial charge in [0.15, 0.2) is 5.82 Å². The number of hydrogen-bond acceptors (Lipinski definition) is 4. The quantitative estimate of drug-likeness (QED) is 0.731. The zero-order valence-corrected chi connectivity index (χ0v) is 16.1. The van der Waals surface area contributed by atoms with Crippen LogP contribution in [0.2, 0.25) is 0 Å². The average Bonchev–Trinajstić information content (AvgIpc) is 3.16. The van der Waals surface area contributed by atoms with Gasteiger partial charge in [-0.3, -0.25) is 4.79 Å². The van der Waals surface area contributed by atoms with Crippen LogP contribution in [0.1, 0.15) is 41.5 Å². The van der Waals surface area contributed by atoms with Gasteiger partial charge in [0.2, 0.25) is 5.78 Å². The van der Waals surface area contributed by atoms with Crippen LogP contribution in [0.25, 0.3) is 0 Å². The van der Waals surface area contributed by atoms with E-state index in [-0.39, 0.29) is 17.8 Å². The monoisotopic (exact) mass is 369 g/mol. The summed E-state index contributed by atoms with van der Waals surface area (Å²) in [6, 6.07) is 8.46. The Morgan fingerprint density at radius 1 is 1.19 bits per heavy atom. The summed E-state index contributed by atoms with van der Waals surface area (Å²) in [6.07, 6.45) is 5.44. The number of piperidine rings is 1. The predicted octanol–water partition coefficient (Wildman–Crippen LogP) is 3.49. The molecule has 0 unspecified atom stereocenters. The highest BCUT2D eigenvalue weighted by Gasteiger charge is 2.30. The van der Waals surface area contributed by atoms with Crippen molar-refractivity contribution in [3.05, 3.63) is 53.6 Å². The maximum absolute atomic E-state index is 12.9. The van der Waals surface area contributed by atoms with Crippen LogP contribution in [0.4, 0.5) is 4.79 Å². The molecule has 0 atom stereocenters. The van der Waals surface area contributed by atoms with E-state index in [1.807, 2.05) is 10.8 Å². The lowest BCUT2D eigenvalue weighted by molar-refractivity contribution is 0.0743. The molecular formula is C21H27N3O3. The zero-order chi connectivity index (χ0) is 19.2. The second-order valence-corrected chi connectivity index (χ2v) is 7.00. The summed E-state index contributed by atoms with van der Waals surface area (Å²) in [6.45, 7) is 6.08. The highest BCUT2D eigenvalue weighted by Crippen LogP contribution is 2.22. The van der Waals surface area contributed by atoms with Crippen LogP contribution in [0.5, 0.6) is 0 Å². The number of Topliss-reactive ketones (excluding diaryl/α,β-unsaturated/α-hetero) is 1. The molecule has 2 aromatic rings. The molecule has 1 aromatic heterocycles. The van der Waals surface area contributed by atoms with Gasteiger partial charge in [-0.2, -0.15) is 0 Å². The molecule has 27 heavy (non-hydrogen) atoms. The molecule has 1 aromatic carbocycles. The molecule has 0 radical (unpaired) electrons. The normalized spacial score (nSPS) is 15.0. The third-order valence-corrected chi connectivity index (χ3v) is 5.09. The van der Waals surface area contributed by atoms with Crippen LogP contribution in [-0.4, -0.2) is 46.0 Å². The highest BCUT2D eigenvalue weighted by atomic mass is 16.6. The van der Waals surface area contributed by atoms with E-state index >= 15 is 0 Å². The number of likely N-dealkylation sites (tertiary alicyclic amines) is 1. The third-order valence-electron chi connectivity index (χ3n) is 5.09. The Morgan fingerprint density at radius 3 is 2.56 bits per heavy atom. The molecule has 1 fully saturated rings. The minimum Gasteiger partial charge on any atom is -0.450 e.